The molecule has 112 valence electrons. The summed E-state index contributed by atoms with van der Waals surface area (Å²) in [5.41, 5.74) is -0.150. The summed E-state index contributed by atoms with van der Waals surface area (Å²) in [6.45, 7) is 9.88. The van der Waals surface area contributed by atoms with Crippen LogP contribution in [0.2, 0.25) is 0 Å². The minimum atomic E-state index is -0.150. The average Bonchev–Trinajstić information content (AvgIpc) is 2.38. The molecule has 1 aliphatic rings. The fraction of sp³-hybridized carbons (Fsp3) is 0.714. The number of aromatic nitrogens is 2. The molecule has 0 atom stereocenters. The molecule has 1 aliphatic heterocycles. The Morgan fingerprint density at radius 1 is 1.45 bits per heavy atom. The van der Waals surface area contributed by atoms with Crippen molar-refractivity contribution in [3.05, 3.63) is 11.9 Å². The second-order valence-corrected chi connectivity index (χ2v) is 5.52. The van der Waals surface area contributed by atoms with Crippen LogP contribution >= 0.6 is 0 Å². The lowest BCUT2D eigenvalue weighted by molar-refractivity contribution is -0.0279. The number of hydrogen-bond donors (Lipinski definition) is 1. The number of morpholine rings is 1. The van der Waals surface area contributed by atoms with Gasteiger partial charge in [-0.25, -0.2) is 9.97 Å². The monoisotopic (exact) mass is 280 g/mol. The van der Waals surface area contributed by atoms with Crippen molar-refractivity contribution in [1.29, 1.82) is 0 Å². The molecule has 1 aromatic heterocycles. The molecule has 0 aliphatic carbocycles. The van der Waals surface area contributed by atoms with Gasteiger partial charge in [-0.1, -0.05) is 0 Å². The molecule has 1 fully saturated rings. The van der Waals surface area contributed by atoms with E-state index in [1.165, 1.54) is 0 Å². The third-order valence-electron chi connectivity index (χ3n) is 3.14. The topological polar surface area (TPSA) is 59.5 Å². The van der Waals surface area contributed by atoms with Crippen LogP contribution < -0.4 is 10.2 Å². The lowest BCUT2D eigenvalue weighted by atomic mass is 10.1. The highest BCUT2D eigenvalue weighted by molar-refractivity contribution is 5.50. The Balaban J connectivity index is 2.24. The average molecular weight is 280 g/mol. The van der Waals surface area contributed by atoms with Crippen molar-refractivity contribution in [2.75, 3.05) is 43.6 Å². The predicted molar refractivity (Wildman–Crippen MR) is 79.2 cm³/mol. The van der Waals surface area contributed by atoms with Crippen molar-refractivity contribution < 1.29 is 9.47 Å². The van der Waals surface area contributed by atoms with Gasteiger partial charge in [-0.15, -0.1) is 0 Å². The van der Waals surface area contributed by atoms with Crippen molar-refractivity contribution >= 4 is 11.6 Å². The standard InChI is InChI=1S/C14H24N4O2/c1-5-15-11-8-13(17-12(16-11)9-19-4)18-6-7-20-14(2,3)10-18/h8H,5-7,9-10H2,1-4H3,(H,15,16,17). The number of anilines is 2. The summed E-state index contributed by atoms with van der Waals surface area (Å²) in [5.74, 6) is 2.47. The molecule has 1 N–H and O–H groups in total. The Bertz CT molecular complexity index is 427. The fourth-order valence-corrected chi connectivity index (χ4v) is 2.32. The molecule has 0 radical (unpaired) electrons. The van der Waals surface area contributed by atoms with Gasteiger partial charge in [-0.3, -0.25) is 0 Å². The molecule has 0 aromatic carbocycles. The van der Waals surface area contributed by atoms with Crippen LogP contribution in [0.4, 0.5) is 11.6 Å². The molecule has 0 saturated carbocycles. The molecule has 1 aromatic rings. The van der Waals surface area contributed by atoms with E-state index in [2.05, 4.69) is 41.0 Å². The fourth-order valence-electron chi connectivity index (χ4n) is 2.32. The lowest BCUT2D eigenvalue weighted by Gasteiger charge is -2.38. The van der Waals surface area contributed by atoms with E-state index in [0.717, 1.165) is 31.3 Å². The first-order valence-electron chi connectivity index (χ1n) is 7.04. The van der Waals surface area contributed by atoms with E-state index in [-0.39, 0.29) is 5.60 Å². The second kappa shape index (κ2) is 6.37. The van der Waals surface area contributed by atoms with Gasteiger partial charge in [-0.2, -0.15) is 0 Å². The van der Waals surface area contributed by atoms with Crippen molar-refractivity contribution in [1.82, 2.24) is 9.97 Å². The molecule has 6 heteroatoms. The maximum Gasteiger partial charge on any atom is 0.158 e. The quantitative estimate of drug-likeness (QED) is 0.885. The summed E-state index contributed by atoms with van der Waals surface area (Å²) in [6.07, 6.45) is 0. The number of hydrogen-bond acceptors (Lipinski definition) is 6. The number of rotatable bonds is 5. The minimum Gasteiger partial charge on any atom is -0.377 e. The van der Waals surface area contributed by atoms with Crippen LogP contribution in [0.5, 0.6) is 0 Å². The minimum absolute atomic E-state index is 0.150. The molecule has 2 rings (SSSR count). The van der Waals surface area contributed by atoms with Crippen LogP contribution in [-0.2, 0) is 16.1 Å². The van der Waals surface area contributed by atoms with E-state index in [4.69, 9.17) is 9.47 Å². The molecule has 1 saturated heterocycles. The number of nitrogens with zero attached hydrogens (tertiary/aromatic N) is 3. The predicted octanol–water partition coefficient (Wildman–Crippen LogP) is 1.67. The molecular formula is C14H24N4O2. The molecule has 2 heterocycles. The van der Waals surface area contributed by atoms with E-state index in [0.29, 0.717) is 19.0 Å². The van der Waals surface area contributed by atoms with Crippen LogP contribution in [0.15, 0.2) is 6.07 Å². The van der Waals surface area contributed by atoms with Gasteiger partial charge in [-0.05, 0) is 20.8 Å². The Morgan fingerprint density at radius 3 is 2.90 bits per heavy atom. The summed E-state index contributed by atoms with van der Waals surface area (Å²) in [6, 6.07) is 1.99. The first-order chi connectivity index (χ1) is 9.54. The highest BCUT2D eigenvalue weighted by Crippen LogP contribution is 2.23. The van der Waals surface area contributed by atoms with Gasteiger partial charge in [0.25, 0.3) is 0 Å². The number of methoxy groups -OCH3 is 1. The Kier molecular flexibility index (Phi) is 4.77. The summed E-state index contributed by atoms with van der Waals surface area (Å²) in [7, 11) is 1.65. The molecule has 0 spiro atoms. The summed E-state index contributed by atoms with van der Waals surface area (Å²) < 4.78 is 10.9. The first kappa shape index (κ1) is 15.0. The third kappa shape index (κ3) is 3.80. The van der Waals surface area contributed by atoms with E-state index in [9.17, 15) is 0 Å². The molecular weight excluding hydrogens is 256 g/mol. The third-order valence-corrected chi connectivity index (χ3v) is 3.14. The van der Waals surface area contributed by atoms with Crippen LogP contribution in [0.1, 0.15) is 26.6 Å². The Morgan fingerprint density at radius 2 is 2.25 bits per heavy atom. The SMILES string of the molecule is CCNc1cc(N2CCOC(C)(C)C2)nc(COC)n1. The van der Waals surface area contributed by atoms with E-state index in [1.807, 2.05) is 6.07 Å². The van der Waals surface area contributed by atoms with E-state index < -0.39 is 0 Å². The van der Waals surface area contributed by atoms with Gasteiger partial charge in [0.2, 0.25) is 0 Å². The van der Waals surface area contributed by atoms with Gasteiger partial charge in [0.15, 0.2) is 5.82 Å². The van der Waals surface area contributed by atoms with Gasteiger partial charge >= 0.3 is 0 Å². The normalized spacial score (nSPS) is 18.1. The molecule has 20 heavy (non-hydrogen) atoms. The maximum absolute atomic E-state index is 5.75. The first-order valence-corrected chi connectivity index (χ1v) is 7.04. The Hall–Kier alpha value is -1.40. The van der Waals surface area contributed by atoms with Gasteiger partial charge in [0.1, 0.15) is 18.2 Å². The smallest absolute Gasteiger partial charge is 0.158 e. The van der Waals surface area contributed by atoms with E-state index >= 15 is 0 Å². The van der Waals surface area contributed by atoms with Gasteiger partial charge < -0.3 is 19.7 Å². The molecule has 0 amide bonds. The van der Waals surface area contributed by atoms with Crippen LogP contribution in [0, 0.1) is 0 Å². The van der Waals surface area contributed by atoms with Crippen molar-refractivity contribution in [3.63, 3.8) is 0 Å². The van der Waals surface area contributed by atoms with Crippen LogP contribution in [-0.4, -0.2) is 48.9 Å². The summed E-state index contributed by atoms with van der Waals surface area (Å²) in [4.78, 5) is 11.3. The van der Waals surface area contributed by atoms with Crippen molar-refractivity contribution in [3.8, 4) is 0 Å². The van der Waals surface area contributed by atoms with Crippen molar-refractivity contribution in [2.24, 2.45) is 0 Å². The van der Waals surface area contributed by atoms with Crippen molar-refractivity contribution in [2.45, 2.75) is 33.0 Å². The maximum atomic E-state index is 5.75. The largest absolute Gasteiger partial charge is 0.377 e. The molecule has 6 nitrogen and oxygen atoms in total. The van der Waals surface area contributed by atoms with E-state index in [1.54, 1.807) is 7.11 Å². The summed E-state index contributed by atoms with van der Waals surface area (Å²) in [5, 5.41) is 3.24. The van der Waals surface area contributed by atoms with Gasteiger partial charge in [0, 0.05) is 32.8 Å². The molecule has 0 unspecified atom stereocenters. The zero-order valence-corrected chi connectivity index (χ0v) is 12.8. The Labute approximate surface area is 120 Å². The zero-order valence-electron chi connectivity index (χ0n) is 12.8. The highest BCUT2D eigenvalue weighted by atomic mass is 16.5. The zero-order chi connectivity index (χ0) is 14.6. The van der Waals surface area contributed by atoms with Crippen LogP contribution in [0.25, 0.3) is 0 Å². The number of nitrogens with one attached hydrogen (secondary N) is 1. The highest BCUT2D eigenvalue weighted by Gasteiger charge is 2.28. The van der Waals surface area contributed by atoms with Crippen LogP contribution in [0.3, 0.4) is 0 Å². The lowest BCUT2D eigenvalue weighted by Crippen LogP contribution is -2.48. The van der Waals surface area contributed by atoms with Gasteiger partial charge in [0.05, 0.1) is 12.2 Å². The summed E-state index contributed by atoms with van der Waals surface area (Å²) >= 11 is 0. The molecule has 0 bridgehead atoms. The number of ether oxygens (including phenoxy) is 2. The second-order valence-electron chi connectivity index (χ2n) is 5.52.